The Morgan fingerprint density at radius 3 is 3.07 bits per heavy atom. The third-order valence-corrected chi connectivity index (χ3v) is 1.86. The lowest BCUT2D eigenvalue weighted by molar-refractivity contribution is -0.121. The number of rotatable bonds is 1. The van der Waals surface area contributed by atoms with Crippen molar-refractivity contribution < 1.29 is 9.90 Å². The lowest BCUT2D eigenvalue weighted by Crippen LogP contribution is -2.53. The first-order valence-corrected chi connectivity index (χ1v) is 4.06. The van der Waals surface area contributed by atoms with Crippen molar-refractivity contribution in [3.8, 4) is 0 Å². The summed E-state index contributed by atoms with van der Waals surface area (Å²) in [5.74, 6) is -0.0521. The van der Waals surface area contributed by atoms with Gasteiger partial charge in [0.25, 0.3) is 5.91 Å². The summed E-state index contributed by atoms with van der Waals surface area (Å²) in [5.41, 5.74) is 5.77. The fraction of sp³-hybridized carbons (Fsp3) is 0.429. The van der Waals surface area contributed by atoms with Crippen LogP contribution in [-0.2, 0) is 4.79 Å². The van der Waals surface area contributed by atoms with E-state index in [4.69, 9.17) is 10.8 Å². The highest BCUT2D eigenvalue weighted by Crippen LogP contribution is 2.08. The number of nitrogens with zero attached hydrogens (tertiary/aromatic N) is 3. The van der Waals surface area contributed by atoms with Gasteiger partial charge in [-0.05, 0) is 0 Å². The van der Waals surface area contributed by atoms with Crippen molar-refractivity contribution in [1.82, 2.24) is 5.32 Å². The maximum Gasteiger partial charge on any atom is 0.255 e. The van der Waals surface area contributed by atoms with Gasteiger partial charge in [0.2, 0.25) is 0 Å². The number of aliphatic hydroxyl groups is 1. The molecular formula is C7H9N5O2. The Kier molecular flexibility index (Phi) is 2.10. The first kappa shape index (κ1) is 8.97. The smallest absolute Gasteiger partial charge is 0.255 e. The van der Waals surface area contributed by atoms with E-state index >= 15 is 0 Å². The molecule has 1 amide bonds. The van der Waals surface area contributed by atoms with Crippen LogP contribution in [0.1, 0.15) is 0 Å². The van der Waals surface area contributed by atoms with Gasteiger partial charge < -0.3 is 10.4 Å². The number of amides is 1. The number of aliphatic imine (C=N–C) groups is 3. The molecular weight excluding hydrogens is 186 g/mol. The number of nitrogens with one attached hydrogen (secondary N) is 1. The van der Waals surface area contributed by atoms with Crippen LogP contribution in [0.15, 0.2) is 15.0 Å². The molecule has 0 aromatic heterocycles. The summed E-state index contributed by atoms with van der Waals surface area (Å²) < 4.78 is 0. The second-order valence-electron chi connectivity index (χ2n) is 2.88. The Morgan fingerprint density at radius 2 is 2.36 bits per heavy atom. The molecule has 74 valence electrons. The van der Waals surface area contributed by atoms with Gasteiger partial charge >= 0.3 is 0 Å². The molecule has 2 atom stereocenters. The number of fused-ring (bicyclic) bond motifs is 1. The average Bonchev–Trinajstić information content (AvgIpc) is 2.17. The molecule has 4 N–H and O–H groups in total. The molecule has 2 aliphatic rings. The van der Waals surface area contributed by atoms with E-state index < -0.39 is 12.3 Å². The van der Waals surface area contributed by atoms with Gasteiger partial charge in [-0.1, -0.05) is 0 Å². The molecule has 0 aromatic carbocycles. The third-order valence-electron chi connectivity index (χ3n) is 1.86. The van der Waals surface area contributed by atoms with Crippen molar-refractivity contribution in [2.24, 2.45) is 20.7 Å². The van der Waals surface area contributed by atoms with Crippen LogP contribution in [0.3, 0.4) is 0 Å². The maximum atomic E-state index is 11.4. The fourth-order valence-electron chi connectivity index (χ4n) is 1.23. The Bertz CT molecular complexity index is 359. The van der Waals surface area contributed by atoms with E-state index in [0.717, 1.165) is 0 Å². The molecule has 0 bridgehead atoms. The van der Waals surface area contributed by atoms with Gasteiger partial charge in [0.15, 0.2) is 18.2 Å². The summed E-state index contributed by atoms with van der Waals surface area (Å²) in [6.45, 7) is -0.243. The predicted octanol–water partition coefficient (Wildman–Crippen LogP) is -2.36. The fourth-order valence-corrected chi connectivity index (χ4v) is 1.23. The van der Waals surface area contributed by atoms with E-state index in [1.807, 2.05) is 0 Å². The van der Waals surface area contributed by atoms with Crippen LogP contribution in [0.4, 0.5) is 0 Å². The molecule has 0 fully saturated rings. The molecule has 0 aromatic rings. The zero-order valence-electron chi connectivity index (χ0n) is 7.21. The minimum Gasteiger partial charge on any atom is -0.390 e. The van der Waals surface area contributed by atoms with Crippen LogP contribution in [0.5, 0.6) is 0 Å². The molecule has 2 unspecified atom stereocenters. The summed E-state index contributed by atoms with van der Waals surface area (Å²) in [7, 11) is 0. The van der Waals surface area contributed by atoms with Gasteiger partial charge in [0, 0.05) is 0 Å². The summed E-state index contributed by atoms with van der Waals surface area (Å²) in [4.78, 5) is 23.1. The number of aliphatic hydroxyl groups excluding tert-OH is 1. The topological polar surface area (TPSA) is 112 Å². The number of hydrogen-bond acceptors (Lipinski definition) is 6. The molecule has 0 aliphatic carbocycles. The SMILES string of the molecule is NC1N=C2N=CC(CO)=NC2C(=O)N1. The van der Waals surface area contributed by atoms with Gasteiger partial charge in [-0.2, -0.15) is 0 Å². The standard InChI is InChI=1S/C7H9N5O2/c8-7-11-5-4(6(14)12-7)10-3(2-13)1-9-5/h1,4,7,13H,2,8H2,(H,12,14). The Labute approximate surface area is 79.4 Å². The summed E-state index contributed by atoms with van der Waals surface area (Å²) in [6.07, 6.45) is 0.623. The molecule has 0 spiro atoms. The number of amidine groups is 1. The molecule has 0 saturated heterocycles. The highest BCUT2D eigenvalue weighted by molar-refractivity contribution is 6.36. The normalized spacial score (nSPS) is 30.3. The quantitative estimate of drug-likeness (QED) is 0.435. The van der Waals surface area contributed by atoms with Crippen LogP contribution in [0.2, 0.25) is 0 Å². The van der Waals surface area contributed by atoms with Crippen molar-refractivity contribution in [3.63, 3.8) is 0 Å². The second kappa shape index (κ2) is 3.28. The molecule has 0 radical (unpaired) electrons. The van der Waals surface area contributed by atoms with E-state index in [0.29, 0.717) is 11.5 Å². The number of hydrogen-bond donors (Lipinski definition) is 3. The van der Waals surface area contributed by atoms with Crippen molar-refractivity contribution in [1.29, 1.82) is 0 Å². The molecule has 2 aliphatic heterocycles. The Balaban J connectivity index is 2.33. The second-order valence-corrected chi connectivity index (χ2v) is 2.88. The molecule has 7 nitrogen and oxygen atoms in total. The Morgan fingerprint density at radius 1 is 1.57 bits per heavy atom. The molecule has 0 saturated carbocycles. The van der Waals surface area contributed by atoms with Crippen molar-refractivity contribution >= 4 is 23.7 Å². The minimum absolute atomic E-state index is 0.243. The van der Waals surface area contributed by atoms with Gasteiger partial charge in [0.05, 0.1) is 18.5 Å². The third kappa shape index (κ3) is 1.42. The van der Waals surface area contributed by atoms with Gasteiger partial charge in [-0.15, -0.1) is 0 Å². The average molecular weight is 195 g/mol. The largest absolute Gasteiger partial charge is 0.390 e. The van der Waals surface area contributed by atoms with E-state index in [1.54, 1.807) is 0 Å². The van der Waals surface area contributed by atoms with Crippen LogP contribution in [0.25, 0.3) is 0 Å². The maximum absolute atomic E-state index is 11.4. The van der Waals surface area contributed by atoms with E-state index in [-0.39, 0.29) is 12.5 Å². The van der Waals surface area contributed by atoms with Gasteiger partial charge in [0.1, 0.15) is 0 Å². The van der Waals surface area contributed by atoms with E-state index in [2.05, 4.69) is 20.3 Å². The number of carbonyl (C=O) groups is 1. The van der Waals surface area contributed by atoms with E-state index in [1.165, 1.54) is 6.21 Å². The van der Waals surface area contributed by atoms with Crippen LogP contribution in [0, 0.1) is 0 Å². The van der Waals surface area contributed by atoms with Gasteiger partial charge in [-0.25, -0.2) is 9.98 Å². The summed E-state index contributed by atoms with van der Waals surface area (Å²) >= 11 is 0. The molecule has 2 heterocycles. The minimum atomic E-state index is -0.762. The lowest BCUT2D eigenvalue weighted by atomic mass is 10.2. The monoisotopic (exact) mass is 195 g/mol. The van der Waals surface area contributed by atoms with Crippen molar-refractivity contribution in [2.45, 2.75) is 12.3 Å². The Hall–Kier alpha value is -1.60. The predicted molar refractivity (Wildman–Crippen MR) is 50.4 cm³/mol. The first-order chi connectivity index (χ1) is 6.70. The number of nitrogens with two attached hydrogens (primary N) is 1. The zero-order chi connectivity index (χ0) is 10.1. The van der Waals surface area contributed by atoms with Crippen LogP contribution >= 0.6 is 0 Å². The lowest BCUT2D eigenvalue weighted by Gasteiger charge is -2.23. The molecule has 14 heavy (non-hydrogen) atoms. The van der Waals surface area contributed by atoms with Crippen molar-refractivity contribution in [3.05, 3.63) is 0 Å². The first-order valence-electron chi connectivity index (χ1n) is 4.06. The van der Waals surface area contributed by atoms with E-state index in [9.17, 15) is 4.79 Å². The van der Waals surface area contributed by atoms with Crippen molar-refractivity contribution in [2.75, 3.05) is 6.61 Å². The zero-order valence-corrected chi connectivity index (χ0v) is 7.21. The highest BCUT2D eigenvalue weighted by atomic mass is 16.3. The highest BCUT2D eigenvalue weighted by Gasteiger charge is 2.31. The van der Waals surface area contributed by atoms with Gasteiger partial charge in [-0.3, -0.25) is 15.5 Å². The van der Waals surface area contributed by atoms with Crippen LogP contribution in [-0.4, -0.2) is 47.7 Å². The number of carbonyl (C=O) groups excluding carboxylic acids is 1. The van der Waals surface area contributed by atoms with Crippen LogP contribution < -0.4 is 11.1 Å². The summed E-state index contributed by atoms with van der Waals surface area (Å²) in [6, 6.07) is -0.762. The summed E-state index contributed by atoms with van der Waals surface area (Å²) in [5, 5.41) is 11.2. The molecule has 2 rings (SSSR count). The molecule has 7 heteroatoms.